The van der Waals surface area contributed by atoms with Crippen LogP contribution >= 0.6 is 0 Å². The van der Waals surface area contributed by atoms with Gasteiger partial charge < -0.3 is 15.0 Å². The van der Waals surface area contributed by atoms with E-state index in [0.29, 0.717) is 25.3 Å². The van der Waals surface area contributed by atoms with Crippen LogP contribution in [0.3, 0.4) is 0 Å². The first-order valence-electron chi connectivity index (χ1n) is 8.00. The Labute approximate surface area is 132 Å². The van der Waals surface area contributed by atoms with E-state index in [1.807, 2.05) is 6.92 Å². The van der Waals surface area contributed by atoms with Gasteiger partial charge in [0.2, 0.25) is 5.91 Å². The minimum absolute atomic E-state index is 0.0125. The van der Waals surface area contributed by atoms with E-state index in [-0.39, 0.29) is 24.8 Å². The van der Waals surface area contributed by atoms with Gasteiger partial charge in [-0.1, -0.05) is 6.92 Å². The zero-order valence-electron chi connectivity index (χ0n) is 14.1. The Hall–Kier alpha value is -1.59. The molecule has 0 radical (unpaired) electrons. The number of amides is 2. The molecule has 22 heavy (non-hydrogen) atoms. The van der Waals surface area contributed by atoms with E-state index in [4.69, 9.17) is 4.74 Å². The van der Waals surface area contributed by atoms with Crippen molar-refractivity contribution >= 4 is 17.8 Å². The standard InChI is InChI=1S/C16H28N2O4/c1-5-13(19)12-7-10-18(11-8-12)14(20)6-9-17-15(21)22-16(2,3)4/h12H,5-11H2,1-4H3,(H,17,21). The third kappa shape index (κ3) is 6.45. The second-order valence-electron chi connectivity index (χ2n) is 6.65. The lowest BCUT2D eigenvalue weighted by Gasteiger charge is -2.31. The molecule has 0 atom stereocenters. The fourth-order valence-electron chi connectivity index (χ4n) is 2.48. The zero-order chi connectivity index (χ0) is 16.8. The molecule has 6 nitrogen and oxygen atoms in total. The van der Waals surface area contributed by atoms with Crippen molar-refractivity contribution in [2.45, 2.75) is 59.0 Å². The van der Waals surface area contributed by atoms with E-state index in [2.05, 4.69) is 5.32 Å². The fourth-order valence-corrected chi connectivity index (χ4v) is 2.48. The van der Waals surface area contributed by atoms with Crippen LogP contribution in [0.25, 0.3) is 0 Å². The van der Waals surface area contributed by atoms with Crippen LogP contribution in [-0.4, -0.2) is 47.9 Å². The summed E-state index contributed by atoms with van der Waals surface area (Å²) in [6, 6.07) is 0. The van der Waals surface area contributed by atoms with Gasteiger partial charge in [-0.05, 0) is 33.6 Å². The highest BCUT2D eigenvalue weighted by atomic mass is 16.6. The molecule has 1 aliphatic heterocycles. The van der Waals surface area contributed by atoms with Gasteiger partial charge in [-0.15, -0.1) is 0 Å². The summed E-state index contributed by atoms with van der Waals surface area (Å²) in [4.78, 5) is 36.9. The third-order valence-corrected chi connectivity index (χ3v) is 3.66. The summed E-state index contributed by atoms with van der Waals surface area (Å²) in [6.45, 7) is 8.77. The van der Waals surface area contributed by atoms with Crippen molar-refractivity contribution in [3.8, 4) is 0 Å². The van der Waals surface area contributed by atoms with Crippen LogP contribution in [-0.2, 0) is 14.3 Å². The maximum atomic E-state index is 12.1. The lowest BCUT2D eigenvalue weighted by Crippen LogP contribution is -2.41. The average Bonchev–Trinajstić information content (AvgIpc) is 2.44. The minimum Gasteiger partial charge on any atom is -0.444 e. The molecule has 1 fully saturated rings. The summed E-state index contributed by atoms with van der Waals surface area (Å²) in [6.07, 6.45) is 1.81. The second-order valence-corrected chi connectivity index (χ2v) is 6.65. The van der Waals surface area contributed by atoms with Crippen LogP contribution in [0.1, 0.15) is 53.4 Å². The molecule has 6 heteroatoms. The van der Waals surface area contributed by atoms with Crippen molar-refractivity contribution in [2.75, 3.05) is 19.6 Å². The van der Waals surface area contributed by atoms with Crippen molar-refractivity contribution in [3.63, 3.8) is 0 Å². The van der Waals surface area contributed by atoms with Crippen molar-refractivity contribution < 1.29 is 19.1 Å². The van der Waals surface area contributed by atoms with Gasteiger partial charge >= 0.3 is 6.09 Å². The first kappa shape index (κ1) is 18.5. The van der Waals surface area contributed by atoms with E-state index < -0.39 is 11.7 Å². The predicted octanol–water partition coefficient (Wildman–Crippen LogP) is 2.12. The number of ketones is 1. The molecule has 0 spiro atoms. The number of ether oxygens (including phenoxy) is 1. The molecule has 0 aromatic rings. The van der Waals surface area contributed by atoms with Gasteiger partial charge in [-0.3, -0.25) is 9.59 Å². The summed E-state index contributed by atoms with van der Waals surface area (Å²) < 4.78 is 5.11. The molecule has 1 rings (SSSR count). The summed E-state index contributed by atoms with van der Waals surface area (Å²) in [5.41, 5.74) is -0.540. The average molecular weight is 312 g/mol. The summed E-state index contributed by atoms with van der Waals surface area (Å²) in [5, 5.41) is 2.58. The summed E-state index contributed by atoms with van der Waals surface area (Å²) in [5.74, 6) is 0.408. The van der Waals surface area contributed by atoms with Crippen LogP contribution in [0.2, 0.25) is 0 Å². The van der Waals surface area contributed by atoms with Crippen LogP contribution in [0.15, 0.2) is 0 Å². The Kier molecular flexibility index (Phi) is 6.84. The minimum atomic E-state index is -0.540. The van der Waals surface area contributed by atoms with Gasteiger partial charge in [0, 0.05) is 38.4 Å². The normalized spacial score (nSPS) is 16.3. The highest BCUT2D eigenvalue weighted by Gasteiger charge is 2.26. The number of carbonyl (C=O) groups excluding carboxylic acids is 3. The molecule has 0 bridgehead atoms. The number of Topliss-reactive ketones (excluding diaryl/α,β-unsaturated/α-hetero) is 1. The number of hydrogen-bond acceptors (Lipinski definition) is 4. The van der Waals surface area contributed by atoms with E-state index in [1.54, 1.807) is 25.7 Å². The SMILES string of the molecule is CCC(=O)C1CCN(C(=O)CCNC(=O)OC(C)(C)C)CC1. The number of carbonyl (C=O) groups is 3. The number of hydrogen-bond donors (Lipinski definition) is 1. The summed E-state index contributed by atoms with van der Waals surface area (Å²) >= 11 is 0. The molecular formula is C16H28N2O4. The maximum Gasteiger partial charge on any atom is 0.407 e. The number of rotatable bonds is 5. The molecule has 1 saturated heterocycles. The fraction of sp³-hybridized carbons (Fsp3) is 0.812. The van der Waals surface area contributed by atoms with Crippen molar-refractivity contribution in [3.05, 3.63) is 0 Å². The number of piperidine rings is 1. The monoisotopic (exact) mass is 312 g/mol. The smallest absolute Gasteiger partial charge is 0.407 e. The van der Waals surface area contributed by atoms with Gasteiger partial charge in [-0.25, -0.2) is 4.79 Å². The van der Waals surface area contributed by atoms with E-state index in [1.165, 1.54) is 0 Å². The quantitative estimate of drug-likeness (QED) is 0.843. The Bertz CT molecular complexity index is 407. The van der Waals surface area contributed by atoms with Crippen LogP contribution in [0.5, 0.6) is 0 Å². The first-order valence-corrected chi connectivity index (χ1v) is 8.00. The highest BCUT2D eigenvalue weighted by molar-refractivity contribution is 5.81. The van der Waals surface area contributed by atoms with Gasteiger partial charge in [0.05, 0.1) is 0 Å². The van der Waals surface area contributed by atoms with Crippen molar-refractivity contribution in [1.82, 2.24) is 10.2 Å². The van der Waals surface area contributed by atoms with Crippen molar-refractivity contribution in [2.24, 2.45) is 5.92 Å². The molecule has 0 saturated carbocycles. The number of nitrogens with one attached hydrogen (secondary N) is 1. The Morgan fingerprint density at radius 3 is 2.27 bits per heavy atom. The Morgan fingerprint density at radius 2 is 1.77 bits per heavy atom. The second kappa shape index (κ2) is 8.15. The molecule has 0 aliphatic carbocycles. The molecule has 1 heterocycles. The van der Waals surface area contributed by atoms with Gasteiger partial charge in [0.15, 0.2) is 0 Å². The van der Waals surface area contributed by atoms with E-state index in [9.17, 15) is 14.4 Å². The largest absolute Gasteiger partial charge is 0.444 e. The summed E-state index contributed by atoms with van der Waals surface area (Å²) in [7, 11) is 0. The molecule has 0 unspecified atom stereocenters. The van der Waals surface area contributed by atoms with Gasteiger partial charge in [0.25, 0.3) is 0 Å². The maximum absolute atomic E-state index is 12.1. The number of nitrogens with zero attached hydrogens (tertiary/aromatic N) is 1. The lowest BCUT2D eigenvalue weighted by atomic mass is 9.91. The topological polar surface area (TPSA) is 75.7 Å². The molecular weight excluding hydrogens is 284 g/mol. The van der Waals surface area contributed by atoms with Crippen molar-refractivity contribution in [1.29, 1.82) is 0 Å². The van der Waals surface area contributed by atoms with Gasteiger partial charge in [-0.2, -0.15) is 0 Å². The van der Waals surface area contributed by atoms with E-state index in [0.717, 1.165) is 12.8 Å². The highest BCUT2D eigenvalue weighted by Crippen LogP contribution is 2.19. The van der Waals surface area contributed by atoms with Crippen LogP contribution in [0.4, 0.5) is 4.79 Å². The Morgan fingerprint density at radius 1 is 1.18 bits per heavy atom. The molecule has 126 valence electrons. The zero-order valence-corrected chi connectivity index (χ0v) is 14.1. The lowest BCUT2D eigenvalue weighted by molar-refractivity contribution is -0.134. The Balaban J connectivity index is 2.24. The van der Waals surface area contributed by atoms with Crippen LogP contribution < -0.4 is 5.32 Å². The first-order chi connectivity index (χ1) is 10.2. The van der Waals surface area contributed by atoms with Gasteiger partial charge in [0.1, 0.15) is 11.4 Å². The van der Waals surface area contributed by atoms with Crippen LogP contribution in [0, 0.1) is 5.92 Å². The van der Waals surface area contributed by atoms with E-state index >= 15 is 0 Å². The third-order valence-electron chi connectivity index (χ3n) is 3.66. The molecule has 1 aliphatic rings. The predicted molar refractivity (Wildman–Crippen MR) is 83.5 cm³/mol. The molecule has 0 aromatic carbocycles. The number of alkyl carbamates (subject to hydrolysis) is 1. The molecule has 1 N–H and O–H groups in total. The molecule has 2 amide bonds. The molecule has 0 aromatic heterocycles. The number of likely N-dealkylation sites (tertiary alicyclic amines) is 1.